The fourth-order valence-electron chi connectivity index (χ4n) is 3.84. The molecule has 2 saturated carbocycles. The van der Waals surface area contributed by atoms with Gasteiger partial charge < -0.3 is 10.6 Å². The second kappa shape index (κ2) is 6.05. The van der Waals surface area contributed by atoms with Gasteiger partial charge in [-0.2, -0.15) is 0 Å². The summed E-state index contributed by atoms with van der Waals surface area (Å²) in [6, 6.07) is 0. The molecule has 2 aliphatic carbocycles. The second-order valence-corrected chi connectivity index (χ2v) is 6.41. The average Bonchev–Trinajstić information content (AvgIpc) is 2.97. The number of amides is 1. The molecule has 0 spiro atoms. The highest BCUT2D eigenvalue weighted by Gasteiger charge is 2.40. The van der Waals surface area contributed by atoms with Crippen LogP contribution in [0, 0.1) is 23.7 Å². The van der Waals surface area contributed by atoms with E-state index in [1.54, 1.807) is 0 Å². The normalized spacial score (nSPS) is 31.6. The molecule has 0 aromatic carbocycles. The van der Waals surface area contributed by atoms with Crippen molar-refractivity contribution in [2.24, 2.45) is 29.4 Å². The van der Waals surface area contributed by atoms with Crippen molar-refractivity contribution in [1.82, 2.24) is 4.90 Å². The smallest absolute Gasteiger partial charge is 0.222 e. The molecule has 4 atom stereocenters. The Bertz CT molecular complexity index is 292. The topological polar surface area (TPSA) is 46.3 Å². The van der Waals surface area contributed by atoms with Crippen LogP contribution in [0.5, 0.6) is 0 Å². The summed E-state index contributed by atoms with van der Waals surface area (Å²) in [4.78, 5) is 14.3. The molecule has 0 heterocycles. The van der Waals surface area contributed by atoms with Crippen molar-refractivity contribution in [2.45, 2.75) is 46.0 Å². The number of carbonyl (C=O) groups excluding carboxylic acids is 1. The predicted octanol–water partition coefficient (Wildman–Crippen LogP) is 2.26. The minimum Gasteiger partial charge on any atom is -0.343 e. The summed E-state index contributed by atoms with van der Waals surface area (Å²) < 4.78 is 0. The van der Waals surface area contributed by atoms with Crippen LogP contribution in [-0.4, -0.2) is 30.4 Å². The Morgan fingerprint density at radius 1 is 1.39 bits per heavy atom. The molecule has 1 amide bonds. The van der Waals surface area contributed by atoms with Crippen molar-refractivity contribution in [1.29, 1.82) is 0 Å². The van der Waals surface area contributed by atoms with Crippen molar-refractivity contribution < 1.29 is 4.79 Å². The fraction of sp³-hybridized carbons (Fsp3) is 0.933. The molecule has 2 bridgehead atoms. The minimum atomic E-state index is 0.357. The van der Waals surface area contributed by atoms with Crippen LogP contribution in [0.3, 0.4) is 0 Å². The number of nitrogens with two attached hydrogens (primary N) is 1. The van der Waals surface area contributed by atoms with Gasteiger partial charge in [0.1, 0.15) is 0 Å². The van der Waals surface area contributed by atoms with Gasteiger partial charge in [0.2, 0.25) is 5.91 Å². The van der Waals surface area contributed by atoms with Crippen molar-refractivity contribution in [3.63, 3.8) is 0 Å². The van der Waals surface area contributed by atoms with Gasteiger partial charge in [-0.3, -0.25) is 4.79 Å². The van der Waals surface area contributed by atoms with Gasteiger partial charge in [-0.05, 0) is 56.4 Å². The average molecular weight is 252 g/mol. The first-order chi connectivity index (χ1) is 8.63. The summed E-state index contributed by atoms with van der Waals surface area (Å²) in [5, 5.41) is 0. The van der Waals surface area contributed by atoms with Crippen LogP contribution in [0.2, 0.25) is 0 Å². The third kappa shape index (κ3) is 3.05. The highest BCUT2D eigenvalue weighted by atomic mass is 16.2. The first kappa shape index (κ1) is 13.9. The van der Waals surface area contributed by atoms with Crippen molar-refractivity contribution in [3.8, 4) is 0 Å². The van der Waals surface area contributed by atoms with Gasteiger partial charge in [-0.1, -0.05) is 13.3 Å². The quantitative estimate of drug-likeness (QED) is 0.788. The predicted molar refractivity (Wildman–Crippen MR) is 74.0 cm³/mol. The number of hydrogen-bond acceptors (Lipinski definition) is 2. The Kier molecular flexibility index (Phi) is 4.66. The lowest BCUT2D eigenvalue weighted by atomic mass is 9.86. The summed E-state index contributed by atoms with van der Waals surface area (Å²) in [5.74, 6) is 3.23. The molecule has 2 aliphatic rings. The maximum Gasteiger partial charge on any atom is 0.222 e. The summed E-state index contributed by atoms with van der Waals surface area (Å²) >= 11 is 0. The van der Waals surface area contributed by atoms with Crippen molar-refractivity contribution in [2.75, 3.05) is 19.6 Å². The Morgan fingerprint density at radius 3 is 2.67 bits per heavy atom. The van der Waals surface area contributed by atoms with Crippen molar-refractivity contribution >= 4 is 5.91 Å². The maximum atomic E-state index is 12.3. The molecule has 3 heteroatoms. The van der Waals surface area contributed by atoms with Gasteiger partial charge in [-0.25, -0.2) is 0 Å². The monoisotopic (exact) mass is 252 g/mol. The van der Waals surface area contributed by atoms with E-state index in [1.165, 1.54) is 25.7 Å². The van der Waals surface area contributed by atoms with E-state index in [9.17, 15) is 4.79 Å². The van der Waals surface area contributed by atoms with Gasteiger partial charge >= 0.3 is 0 Å². The Labute approximate surface area is 111 Å². The van der Waals surface area contributed by atoms with E-state index in [4.69, 9.17) is 5.73 Å². The lowest BCUT2D eigenvalue weighted by Gasteiger charge is -2.27. The summed E-state index contributed by atoms with van der Waals surface area (Å²) in [6.45, 7) is 6.50. The SMILES string of the molecule is CCN(CC(C)CN)C(=O)CC1CC2CCC1C2. The molecule has 0 aromatic heterocycles. The summed E-state index contributed by atoms with van der Waals surface area (Å²) in [6.07, 6.45) is 6.26. The van der Waals surface area contributed by atoms with Crippen LogP contribution in [-0.2, 0) is 4.79 Å². The van der Waals surface area contributed by atoms with Crippen LogP contribution in [0.4, 0.5) is 0 Å². The Hall–Kier alpha value is -0.570. The number of hydrogen-bond donors (Lipinski definition) is 1. The molecule has 4 unspecified atom stereocenters. The van der Waals surface area contributed by atoms with E-state index in [0.29, 0.717) is 24.3 Å². The van der Waals surface area contributed by atoms with Gasteiger partial charge in [0.05, 0.1) is 0 Å². The minimum absolute atomic E-state index is 0.357. The zero-order valence-electron chi connectivity index (χ0n) is 11.9. The lowest BCUT2D eigenvalue weighted by Crippen LogP contribution is -2.37. The molecule has 2 fully saturated rings. The zero-order valence-corrected chi connectivity index (χ0v) is 11.9. The summed E-state index contributed by atoms with van der Waals surface area (Å²) in [7, 11) is 0. The molecule has 0 aromatic rings. The first-order valence-corrected chi connectivity index (χ1v) is 7.61. The van der Waals surface area contributed by atoms with E-state index < -0.39 is 0 Å². The van der Waals surface area contributed by atoms with Crippen LogP contribution in [0.25, 0.3) is 0 Å². The molecule has 0 radical (unpaired) electrons. The van der Waals surface area contributed by atoms with E-state index in [-0.39, 0.29) is 0 Å². The van der Waals surface area contributed by atoms with E-state index in [0.717, 1.165) is 31.3 Å². The molecule has 2 rings (SSSR count). The number of carbonyl (C=O) groups is 1. The van der Waals surface area contributed by atoms with Crippen molar-refractivity contribution in [3.05, 3.63) is 0 Å². The molecular weight excluding hydrogens is 224 g/mol. The van der Waals surface area contributed by atoms with Crippen LogP contribution in [0.1, 0.15) is 46.0 Å². The van der Waals surface area contributed by atoms with Gasteiger partial charge in [0, 0.05) is 19.5 Å². The highest BCUT2D eigenvalue weighted by Crippen LogP contribution is 2.49. The number of fused-ring (bicyclic) bond motifs is 2. The zero-order chi connectivity index (χ0) is 13.1. The maximum absolute atomic E-state index is 12.3. The molecule has 2 N–H and O–H groups in total. The second-order valence-electron chi connectivity index (χ2n) is 6.41. The lowest BCUT2D eigenvalue weighted by molar-refractivity contribution is -0.133. The Balaban J connectivity index is 1.82. The third-order valence-corrected chi connectivity index (χ3v) is 4.99. The molecule has 0 aliphatic heterocycles. The van der Waals surface area contributed by atoms with Crippen LogP contribution in [0.15, 0.2) is 0 Å². The fourth-order valence-corrected chi connectivity index (χ4v) is 3.84. The van der Waals surface area contributed by atoms with Crippen LogP contribution >= 0.6 is 0 Å². The largest absolute Gasteiger partial charge is 0.343 e. The summed E-state index contributed by atoms with van der Waals surface area (Å²) in [5.41, 5.74) is 5.65. The molecule has 104 valence electrons. The molecular formula is C15H28N2O. The van der Waals surface area contributed by atoms with Gasteiger partial charge in [-0.15, -0.1) is 0 Å². The van der Waals surface area contributed by atoms with Gasteiger partial charge in [0.15, 0.2) is 0 Å². The van der Waals surface area contributed by atoms with Crippen LogP contribution < -0.4 is 5.73 Å². The molecule has 18 heavy (non-hydrogen) atoms. The number of rotatable bonds is 6. The first-order valence-electron chi connectivity index (χ1n) is 7.61. The molecule has 3 nitrogen and oxygen atoms in total. The van der Waals surface area contributed by atoms with E-state index >= 15 is 0 Å². The standard InChI is InChI=1S/C15H28N2O/c1-3-17(10-11(2)9-16)15(18)8-14-7-12-4-5-13(14)6-12/h11-14H,3-10,16H2,1-2H3. The molecule has 0 saturated heterocycles. The van der Waals surface area contributed by atoms with E-state index in [1.807, 2.05) is 4.90 Å². The number of nitrogens with zero attached hydrogens (tertiary/aromatic N) is 1. The highest BCUT2D eigenvalue weighted by molar-refractivity contribution is 5.76. The van der Waals surface area contributed by atoms with E-state index in [2.05, 4.69) is 13.8 Å². The Morgan fingerprint density at radius 2 is 2.17 bits per heavy atom. The third-order valence-electron chi connectivity index (χ3n) is 4.99. The van der Waals surface area contributed by atoms with Gasteiger partial charge in [0.25, 0.3) is 0 Å².